The Balaban J connectivity index is 1.13. The van der Waals surface area contributed by atoms with Crippen molar-refractivity contribution in [1.82, 2.24) is 35.2 Å². The first kappa shape index (κ1) is 22.5. The van der Waals surface area contributed by atoms with Gasteiger partial charge < -0.3 is 10.2 Å². The van der Waals surface area contributed by atoms with Crippen molar-refractivity contribution in [1.29, 1.82) is 0 Å². The number of carbonyl (C=O) groups is 1. The van der Waals surface area contributed by atoms with Crippen LogP contribution in [-0.2, 0) is 13.0 Å². The number of aromatic nitrogens is 5. The number of benzene rings is 2. The molecule has 4 aromatic rings. The van der Waals surface area contributed by atoms with Crippen LogP contribution in [0.15, 0.2) is 42.6 Å². The molecule has 1 fully saturated rings. The molecular weight excluding hydrogens is 459 g/mol. The number of aromatic amines is 1. The zero-order chi connectivity index (χ0) is 24.8. The summed E-state index contributed by atoms with van der Waals surface area (Å²) in [6.07, 6.45) is 1.43. The number of anilines is 2. The number of amides is 1. The summed E-state index contributed by atoms with van der Waals surface area (Å²) >= 11 is 0. The summed E-state index contributed by atoms with van der Waals surface area (Å²) in [7, 11) is 0. The van der Waals surface area contributed by atoms with Crippen molar-refractivity contribution < 1.29 is 9.18 Å². The van der Waals surface area contributed by atoms with E-state index in [1.165, 1.54) is 11.1 Å². The summed E-state index contributed by atoms with van der Waals surface area (Å²) in [6.45, 7) is 5.80. The molecule has 6 rings (SSSR count). The lowest BCUT2D eigenvalue weighted by Gasteiger charge is -2.33. The van der Waals surface area contributed by atoms with Crippen molar-refractivity contribution in [2.45, 2.75) is 39.0 Å². The molecule has 4 heterocycles. The Labute approximate surface area is 207 Å². The molecule has 0 bridgehead atoms. The van der Waals surface area contributed by atoms with Crippen LogP contribution in [0, 0.1) is 13.8 Å². The quantitative estimate of drug-likeness (QED) is 0.456. The first-order valence-electron chi connectivity index (χ1n) is 12.1. The van der Waals surface area contributed by atoms with Gasteiger partial charge in [-0.3, -0.25) is 14.8 Å². The van der Waals surface area contributed by atoms with Crippen molar-refractivity contribution >= 4 is 28.6 Å². The number of aryl methyl sites for hydroxylation is 2. The van der Waals surface area contributed by atoms with E-state index < -0.39 is 6.17 Å². The highest BCUT2D eigenvalue weighted by Crippen LogP contribution is 2.27. The smallest absolute Gasteiger partial charge is 0.254 e. The van der Waals surface area contributed by atoms with Crippen LogP contribution in [0.4, 0.5) is 16.0 Å². The van der Waals surface area contributed by atoms with Gasteiger partial charge in [-0.05, 0) is 55.3 Å². The monoisotopic (exact) mass is 486 g/mol. The maximum atomic E-state index is 15.1. The van der Waals surface area contributed by atoms with Gasteiger partial charge >= 0.3 is 0 Å². The molecule has 0 spiro atoms. The van der Waals surface area contributed by atoms with E-state index in [0.717, 1.165) is 22.5 Å². The summed E-state index contributed by atoms with van der Waals surface area (Å²) in [5.41, 5.74) is 7.16. The van der Waals surface area contributed by atoms with Crippen LogP contribution in [0.1, 0.15) is 32.7 Å². The number of carbonyl (C=O) groups excluding carboxylic acids is 1. The summed E-state index contributed by atoms with van der Waals surface area (Å²) < 4.78 is 15.1. The minimum Gasteiger partial charge on any atom is -0.334 e. The fourth-order valence-electron chi connectivity index (χ4n) is 5.27. The number of fused-ring (bicyclic) bond motifs is 2. The summed E-state index contributed by atoms with van der Waals surface area (Å²) in [5, 5.41) is 13.8. The molecule has 1 amide bonds. The number of H-pyrrole nitrogens is 1. The van der Waals surface area contributed by atoms with Gasteiger partial charge in [0, 0.05) is 49.1 Å². The van der Waals surface area contributed by atoms with Gasteiger partial charge in [-0.15, -0.1) is 5.10 Å². The normalized spacial score (nSPS) is 20.0. The number of likely N-dealkylation sites (tertiary alicyclic amines) is 1. The van der Waals surface area contributed by atoms with Crippen molar-refractivity contribution in [3.8, 4) is 0 Å². The van der Waals surface area contributed by atoms with Gasteiger partial charge in [-0.25, -0.2) is 14.4 Å². The Hall–Kier alpha value is -3.92. The molecule has 2 aromatic carbocycles. The fourth-order valence-corrected chi connectivity index (χ4v) is 5.27. The lowest BCUT2D eigenvalue weighted by molar-refractivity contribution is 0.0773. The average molecular weight is 487 g/mol. The van der Waals surface area contributed by atoms with E-state index >= 15 is 4.39 Å². The topological polar surface area (TPSA) is 103 Å². The molecule has 36 heavy (non-hydrogen) atoms. The van der Waals surface area contributed by atoms with Crippen LogP contribution < -0.4 is 5.32 Å². The predicted molar refractivity (Wildman–Crippen MR) is 134 cm³/mol. The molecule has 10 heteroatoms. The molecule has 9 nitrogen and oxygen atoms in total. The van der Waals surface area contributed by atoms with Crippen LogP contribution in [0.25, 0.3) is 11.0 Å². The Morgan fingerprint density at radius 1 is 1.14 bits per heavy atom. The molecule has 1 saturated heterocycles. The number of hydrogen-bond donors (Lipinski definition) is 2. The average Bonchev–Trinajstić information content (AvgIpc) is 3.48. The molecule has 0 saturated carbocycles. The van der Waals surface area contributed by atoms with Crippen LogP contribution in [-0.4, -0.2) is 72.9 Å². The molecular formula is C26H27FN8O. The van der Waals surface area contributed by atoms with E-state index in [9.17, 15) is 4.79 Å². The van der Waals surface area contributed by atoms with Gasteiger partial charge in [0.05, 0.1) is 23.8 Å². The number of halogens is 1. The molecule has 0 aliphatic carbocycles. The Morgan fingerprint density at radius 3 is 2.81 bits per heavy atom. The Kier molecular flexibility index (Phi) is 5.60. The van der Waals surface area contributed by atoms with E-state index in [-0.39, 0.29) is 18.5 Å². The van der Waals surface area contributed by atoms with Crippen molar-refractivity contribution in [2.75, 3.05) is 25.0 Å². The molecule has 0 radical (unpaired) electrons. The highest BCUT2D eigenvalue weighted by molar-refractivity contribution is 5.97. The Morgan fingerprint density at radius 2 is 1.97 bits per heavy atom. The second-order valence-corrected chi connectivity index (χ2v) is 9.72. The maximum absolute atomic E-state index is 15.1. The minimum atomic E-state index is -1.11. The third kappa shape index (κ3) is 4.28. The maximum Gasteiger partial charge on any atom is 0.254 e. The molecule has 2 aliphatic rings. The molecule has 2 aliphatic heterocycles. The number of alkyl halides is 1. The summed E-state index contributed by atoms with van der Waals surface area (Å²) in [6, 6.07) is 11.1. The minimum absolute atomic E-state index is 0.0823. The van der Waals surface area contributed by atoms with E-state index in [4.69, 9.17) is 4.98 Å². The lowest BCUT2D eigenvalue weighted by atomic mass is 10.0. The number of nitrogens with one attached hydrogen (secondary N) is 2. The van der Waals surface area contributed by atoms with Crippen molar-refractivity contribution in [3.63, 3.8) is 0 Å². The zero-order valence-corrected chi connectivity index (χ0v) is 20.2. The highest BCUT2D eigenvalue weighted by Gasteiger charge is 2.40. The second kappa shape index (κ2) is 8.94. The number of nitrogens with zero attached hydrogens (tertiary/aromatic N) is 6. The molecule has 2 atom stereocenters. The molecule has 2 N–H and O–H groups in total. The van der Waals surface area contributed by atoms with Gasteiger partial charge in [0.1, 0.15) is 11.7 Å². The third-order valence-electron chi connectivity index (χ3n) is 6.99. The number of hydrogen-bond acceptors (Lipinski definition) is 7. The number of rotatable bonds is 4. The van der Waals surface area contributed by atoms with Crippen molar-refractivity contribution in [2.24, 2.45) is 0 Å². The first-order chi connectivity index (χ1) is 17.4. The summed E-state index contributed by atoms with van der Waals surface area (Å²) in [4.78, 5) is 26.0. The standard InChI is InChI=1S/C26H27FN8O/c1-15-7-16(2)9-19(8-15)29-26-28-11-18-12-34(6-5-21(18)30-26)24-14-35(13-20(24)27)25(36)17-3-4-22-23(10-17)32-33-31-22/h3-4,7-11,20,24H,5-6,12-14H2,1-2H3,(H,28,29,30)(H,31,32,33)/t20-,24+/m1/s1. The van der Waals surface area contributed by atoms with Gasteiger partial charge in [-0.2, -0.15) is 0 Å². The van der Waals surface area contributed by atoms with E-state index in [1.807, 2.05) is 6.20 Å². The van der Waals surface area contributed by atoms with E-state index in [0.29, 0.717) is 43.1 Å². The van der Waals surface area contributed by atoms with Crippen molar-refractivity contribution in [3.05, 3.63) is 70.5 Å². The predicted octanol–water partition coefficient (Wildman–Crippen LogP) is 3.33. The largest absolute Gasteiger partial charge is 0.334 e. The molecule has 184 valence electrons. The van der Waals surface area contributed by atoms with Gasteiger partial charge in [0.25, 0.3) is 5.91 Å². The van der Waals surface area contributed by atoms with Gasteiger partial charge in [0.2, 0.25) is 5.95 Å². The first-order valence-corrected chi connectivity index (χ1v) is 12.1. The fraction of sp³-hybridized carbons (Fsp3) is 0.346. The van der Waals surface area contributed by atoms with Crippen LogP contribution in [0.3, 0.4) is 0 Å². The second-order valence-electron chi connectivity index (χ2n) is 9.72. The van der Waals surface area contributed by atoms with Gasteiger partial charge in [0.15, 0.2) is 0 Å². The molecule has 2 aromatic heterocycles. The lowest BCUT2D eigenvalue weighted by Crippen LogP contribution is -2.45. The van der Waals surface area contributed by atoms with Crippen LogP contribution >= 0.6 is 0 Å². The SMILES string of the molecule is Cc1cc(C)cc(Nc2ncc3c(n2)CCN([C@H]2CN(C(=O)c4ccc5[nH]nnc5c4)C[C@H]2F)C3)c1. The van der Waals surface area contributed by atoms with E-state index in [2.05, 4.69) is 62.7 Å². The summed E-state index contributed by atoms with van der Waals surface area (Å²) in [5.74, 6) is 0.380. The van der Waals surface area contributed by atoms with Crippen LogP contribution in [0.5, 0.6) is 0 Å². The zero-order valence-electron chi connectivity index (χ0n) is 20.2. The van der Waals surface area contributed by atoms with E-state index in [1.54, 1.807) is 23.1 Å². The molecule has 0 unspecified atom stereocenters. The van der Waals surface area contributed by atoms with Crippen LogP contribution in [0.2, 0.25) is 0 Å². The highest BCUT2D eigenvalue weighted by atomic mass is 19.1. The van der Waals surface area contributed by atoms with Gasteiger partial charge in [-0.1, -0.05) is 11.3 Å². The third-order valence-corrected chi connectivity index (χ3v) is 6.99. The Bertz CT molecular complexity index is 1430.